The summed E-state index contributed by atoms with van der Waals surface area (Å²) >= 11 is 3.56. The number of halogens is 1. The molecule has 0 fully saturated rings. The summed E-state index contributed by atoms with van der Waals surface area (Å²) in [6.07, 6.45) is 0. The van der Waals surface area contributed by atoms with Gasteiger partial charge in [-0.25, -0.2) is 4.79 Å². The average molecular weight is 348 g/mol. The Morgan fingerprint density at radius 2 is 1.86 bits per heavy atom. The molecule has 4 heteroatoms. The number of hydrogen-bond acceptors (Lipinski definition) is 3. The van der Waals surface area contributed by atoms with Gasteiger partial charge in [0.2, 0.25) is 0 Å². The quantitative estimate of drug-likeness (QED) is 0.828. The lowest BCUT2D eigenvalue weighted by Gasteiger charge is -2.17. The third-order valence-corrected chi connectivity index (χ3v) is 4.12. The number of ether oxygens (including phenoxy) is 1. The van der Waals surface area contributed by atoms with E-state index in [2.05, 4.69) is 34.2 Å². The van der Waals surface area contributed by atoms with Gasteiger partial charge >= 0.3 is 5.97 Å². The Labute approximate surface area is 133 Å². The van der Waals surface area contributed by atoms with Crippen molar-refractivity contribution < 1.29 is 9.53 Å². The number of methoxy groups -OCH3 is 1. The molecule has 0 aliphatic rings. The van der Waals surface area contributed by atoms with Gasteiger partial charge in [-0.15, -0.1) is 0 Å². The molecule has 110 valence electrons. The highest BCUT2D eigenvalue weighted by Gasteiger charge is 2.13. The second-order valence-electron chi connectivity index (χ2n) is 4.77. The summed E-state index contributed by atoms with van der Waals surface area (Å²) in [7, 11) is 1.40. The highest BCUT2D eigenvalue weighted by atomic mass is 79.9. The molecule has 2 rings (SSSR count). The maximum atomic E-state index is 11.7. The van der Waals surface area contributed by atoms with E-state index in [1.165, 1.54) is 12.7 Å². The average Bonchev–Trinajstić information content (AvgIpc) is 2.52. The van der Waals surface area contributed by atoms with Crippen LogP contribution in [0.3, 0.4) is 0 Å². The van der Waals surface area contributed by atoms with Crippen LogP contribution in [-0.4, -0.2) is 13.1 Å². The summed E-state index contributed by atoms with van der Waals surface area (Å²) in [4.78, 5) is 11.7. The molecular weight excluding hydrogens is 330 g/mol. The van der Waals surface area contributed by atoms with E-state index in [0.717, 1.165) is 10.0 Å². The zero-order valence-electron chi connectivity index (χ0n) is 12.1. The fourth-order valence-electron chi connectivity index (χ4n) is 2.18. The van der Waals surface area contributed by atoms with Gasteiger partial charge in [-0.05, 0) is 30.2 Å². The third kappa shape index (κ3) is 3.93. The minimum absolute atomic E-state index is 0.172. The van der Waals surface area contributed by atoms with Crippen LogP contribution in [-0.2, 0) is 11.3 Å². The van der Waals surface area contributed by atoms with Gasteiger partial charge in [0.25, 0.3) is 0 Å². The van der Waals surface area contributed by atoms with Crippen LogP contribution in [0.1, 0.15) is 34.5 Å². The van der Waals surface area contributed by atoms with E-state index < -0.39 is 0 Å². The molecule has 0 aliphatic heterocycles. The van der Waals surface area contributed by atoms with E-state index in [-0.39, 0.29) is 12.0 Å². The number of nitrogens with one attached hydrogen (secondary N) is 1. The number of carbonyl (C=O) groups is 1. The first kappa shape index (κ1) is 15.7. The Bertz CT molecular complexity index is 628. The van der Waals surface area contributed by atoms with Crippen LogP contribution >= 0.6 is 15.9 Å². The van der Waals surface area contributed by atoms with Crippen molar-refractivity contribution in [3.63, 3.8) is 0 Å². The van der Waals surface area contributed by atoms with Gasteiger partial charge in [0.1, 0.15) is 0 Å². The highest BCUT2D eigenvalue weighted by Crippen LogP contribution is 2.23. The van der Waals surface area contributed by atoms with E-state index in [1.54, 1.807) is 6.07 Å². The van der Waals surface area contributed by atoms with Crippen LogP contribution in [0.5, 0.6) is 0 Å². The van der Waals surface area contributed by atoms with Crippen molar-refractivity contribution in [1.82, 2.24) is 5.32 Å². The molecule has 2 aromatic rings. The van der Waals surface area contributed by atoms with Crippen molar-refractivity contribution >= 4 is 21.9 Å². The Morgan fingerprint density at radius 1 is 1.19 bits per heavy atom. The number of hydrogen-bond donors (Lipinski definition) is 1. The minimum atomic E-state index is -0.305. The third-order valence-electron chi connectivity index (χ3n) is 3.39. The molecule has 1 unspecified atom stereocenters. The molecule has 0 saturated carbocycles. The molecular formula is C17H18BrNO2. The van der Waals surface area contributed by atoms with Gasteiger partial charge in [0.05, 0.1) is 12.7 Å². The first-order chi connectivity index (χ1) is 10.1. The lowest BCUT2D eigenvalue weighted by molar-refractivity contribution is 0.0599. The second-order valence-corrected chi connectivity index (χ2v) is 5.63. The van der Waals surface area contributed by atoms with E-state index in [1.807, 2.05) is 36.4 Å². The van der Waals surface area contributed by atoms with Crippen LogP contribution in [0, 0.1) is 0 Å². The maximum absolute atomic E-state index is 11.7. The molecule has 0 radical (unpaired) electrons. The Balaban J connectivity index is 2.10. The monoisotopic (exact) mass is 347 g/mol. The van der Waals surface area contributed by atoms with Gasteiger partial charge < -0.3 is 10.1 Å². The first-order valence-electron chi connectivity index (χ1n) is 6.77. The summed E-state index contributed by atoms with van der Waals surface area (Å²) in [6.45, 7) is 2.70. The molecule has 21 heavy (non-hydrogen) atoms. The number of rotatable bonds is 5. The Kier molecular flexibility index (Phi) is 5.53. The fourth-order valence-corrected chi connectivity index (χ4v) is 2.81. The highest BCUT2D eigenvalue weighted by molar-refractivity contribution is 9.10. The zero-order chi connectivity index (χ0) is 15.2. The van der Waals surface area contributed by atoms with Crippen molar-refractivity contribution in [3.05, 3.63) is 69.7 Å². The van der Waals surface area contributed by atoms with Crippen molar-refractivity contribution in [2.24, 2.45) is 0 Å². The smallest absolute Gasteiger partial charge is 0.338 e. The Morgan fingerprint density at radius 3 is 2.57 bits per heavy atom. The van der Waals surface area contributed by atoms with Crippen molar-refractivity contribution in [2.75, 3.05) is 7.11 Å². The molecule has 2 aromatic carbocycles. The van der Waals surface area contributed by atoms with Crippen LogP contribution in [0.2, 0.25) is 0 Å². The lowest BCUT2D eigenvalue weighted by Crippen LogP contribution is -2.20. The number of esters is 1. The molecule has 3 nitrogen and oxygen atoms in total. The van der Waals surface area contributed by atoms with Crippen LogP contribution < -0.4 is 5.32 Å². The first-order valence-corrected chi connectivity index (χ1v) is 7.56. The van der Waals surface area contributed by atoms with E-state index in [4.69, 9.17) is 4.74 Å². The minimum Gasteiger partial charge on any atom is -0.465 e. The Hall–Kier alpha value is -1.65. The van der Waals surface area contributed by atoms with E-state index in [9.17, 15) is 4.79 Å². The standard InChI is InChI=1S/C17H18BrNO2/c1-12(14-8-5-6-10-16(14)18)19-11-13-7-3-4-9-15(13)17(20)21-2/h3-10,12,19H,11H2,1-2H3. The largest absolute Gasteiger partial charge is 0.465 e. The molecule has 0 spiro atoms. The predicted molar refractivity (Wildman–Crippen MR) is 87.2 cm³/mol. The number of carbonyl (C=O) groups excluding carboxylic acids is 1. The number of benzene rings is 2. The van der Waals surface area contributed by atoms with Crippen LogP contribution in [0.25, 0.3) is 0 Å². The van der Waals surface area contributed by atoms with Crippen LogP contribution in [0.4, 0.5) is 0 Å². The van der Waals surface area contributed by atoms with Gasteiger partial charge in [-0.3, -0.25) is 0 Å². The van der Waals surface area contributed by atoms with Gasteiger partial charge in [0, 0.05) is 17.1 Å². The molecule has 0 saturated heterocycles. The van der Waals surface area contributed by atoms with E-state index >= 15 is 0 Å². The molecule has 0 aliphatic carbocycles. The van der Waals surface area contributed by atoms with Crippen molar-refractivity contribution in [2.45, 2.75) is 19.5 Å². The zero-order valence-corrected chi connectivity index (χ0v) is 13.7. The summed E-state index contributed by atoms with van der Waals surface area (Å²) in [6, 6.07) is 15.8. The lowest BCUT2D eigenvalue weighted by atomic mass is 10.1. The molecule has 0 aromatic heterocycles. The van der Waals surface area contributed by atoms with Gasteiger partial charge in [-0.2, -0.15) is 0 Å². The molecule has 0 amide bonds. The SMILES string of the molecule is COC(=O)c1ccccc1CNC(C)c1ccccc1Br. The topological polar surface area (TPSA) is 38.3 Å². The second kappa shape index (κ2) is 7.38. The van der Waals surface area contributed by atoms with Crippen LogP contribution in [0.15, 0.2) is 53.0 Å². The summed E-state index contributed by atoms with van der Waals surface area (Å²) < 4.78 is 5.89. The predicted octanol–water partition coefficient (Wildman–Crippen LogP) is 4.09. The summed E-state index contributed by atoms with van der Waals surface area (Å²) in [5.41, 5.74) is 2.73. The molecule has 1 atom stereocenters. The molecule has 0 bridgehead atoms. The summed E-state index contributed by atoms with van der Waals surface area (Å²) in [5.74, 6) is -0.305. The summed E-state index contributed by atoms with van der Waals surface area (Å²) in [5, 5.41) is 3.44. The van der Waals surface area contributed by atoms with Crippen molar-refractivity contribution in [3.8, 4) is 0 Å². The molecule has 0 heterocycles. The normalized spacial score (nSPS) is 12.0. The maximum Gasteiger partial charge on any atom is 0.338 e. The van der Waals surface area contributed by atoms with Gasteiger partial charge in [0.15, 0.2) is 0 Å². The van der Waals surface area contributed by atoms with E-state index in [0.29, 0.717) is 12.1 Å². The fraction of sp³-hybridized carbons (Fsp3) is 0.235. The van der Waals surface area contributed by atoms with Crippen molar-refractivity contribution in [1.29, 1.82) is 0 Å². The van der Waals surface area contributed by atoms with Gasteiger partial charge in [-0.1, -0.05) is 52.3 Å². The molecule has 1 N–H and O–H groups in total.